The van der Waals surface area contributed by atoms with Crippen LogP contribution >= 0.6 is 0 Å². The topological polar surface area (TPSA) is 99.1 Å². The minimum Gasteiger partial charge on any atom is -0.479 e. The van der Waals surface area contributed by atoms with Crippen molar-refractivity contribution in [3.05, 3.63) is 36.1 Å². The van der Waals surface area contributed by atoms with Gasteiger partial charge < -0.3 is 19.3 Å². The first-order chi connectivity index (χ1) is 12.0. The number of ketones is 1. The molecule has 1 unspecified atom stereocenters. The summed E-state index contributed by atoms with van der Waals surface area (Å²) in [6.07, 6.45) is -1.99. The zero-order valence-corrected chi connectivity index (χ0v) is 15.0. The number of fused-ring (bicyclic) bond motifs is 3. The molecule has 3 aliphatic heterocycles. The minimum atomic E-state index is -1.32. The van der Waals surface area contributed by atoms with Crippen LogP contribution in [0.3, 0.4) is 0 Å². The lowest BCUT2D eigenvalue weighted by Crippen LogP contribution is -2.45. The molecule has 26 heavy (non-hydrogen) atoms. The zero-order chi connectivity index (χ0) is 19.4. The minimum absolute atomic E-state index is 0.00111. The Labute approximate surface area is 151 Å². The van der Waals surface area contributed by atoms with E-state index in [9.17, 15) is 19.5 Å². The van der Waals surface area contributed by atoms with Crippen molar-refractivity contribution in [1.82, 2.24) is 0 Å². The summed E-state index contributed by atoms with van der Waals surface area (Å²) in [4.78, 5) is 36.8. The fourth-order valence-corrected chi connectivity index (χ4v) is 3.45. The molecule has 2 fully saturated rings. The van der Waals surface area contributed by atoms with Gasteiger partial charge in [-0.15, -0.1) is 0 Å². The number of carbonyl (C=O) groups excluding carboxylic acids is 3. The monoisotopic (exact) mass is 362 g/mol. The van der Waals surface area contributed by atoms with Crippen LogP contribution in [0.4, 0.5) is 0 Å². The molecule has 140 valence electrons. The number of aliphatic hydroxyl groups excluding tert-OH is 1. The van der Waals surface area contributed by atoms with Gasteiger partial charge in [0.2, 0.25) is 5.78 Å². The molecule has 0 saturated carbocycles. The highest BCUT2D eigenvalue weighted by atomic mass is 16.6. The third-order valence-corrected chi connectivity index (χ3v) is 5.10. The molecule has 7 heteroatoms. The van der Waals surface area contributed by atoms with Crippen LogP contribution in [0.2, 0.25) is 0 Å². The third-order valence-electron chi connectivity index (χ3n) is 5.10. The third kappa shape index (κ3) is 2.76. The molecule has 2 saturated heterocycles. The molecule has 7 nitrogen and oxygen atoms in total. The van der Waals surface area contributed by atoms with Crippen LogP contribution in [0.5, 0.6) is 0 Å². The Morgan fingerprint density at radius 3 is 2.62 bits per heavy atom. The van der Waals surface area contributed by atoms with Crippen LogP contribution in [-0.2, 0) is 28.6 Å². The van der Waals surface area contributed by atoms with Gasteiger partial charge in [0.15, 0.2) is 5.60 Å². The first-order valence-electron chi connectivity index (χ1n) is 8.48. The average Bonchev–Trinajstić information content (AvgIpc) is 3.02. The normalized spacial score (nSPS) is 36.6. The summed E-state index contributed by atoms with van der Waals surface area (Å²) < 4.78 is 16.6. The maximum atomic E-state index is 12.5. The van der Waals surface area contributed by atoms with Crippen LogP contribution in [0.1, 0.15) is 27.2 Å². The second-order valence-corrected chi connectivity index (χ2v) is 7.43. The van der Waals surface area contributed by atoms with Gasteiger partial charge in [0.1, 0.15) is 24.1 Å². The summed E-state index contributed by atoms with van der Waals surface area (Å²) in [7, 11) is 0. The number of rotatable bonds is 2. The number of ether oxygens (including phenoxy) is 3. The van der Waals surface area contributed by atoms with Crippen molar-refractivity contribution in [1.29, 1.82) is 0 Å². The van der Waals surface area contributed by atoms with E-state index in [1.807, 2.05) is 0 Å². The Morgan fingerprint density at radius 2 is 2.00 bits per heavy atom. The van der Waals surface area contributed by atoms with E-state index in [1.165, 1.54) is 6.08 Å². The van der Waals surface area contributed by atoms with E-state index >= 15 is 0 Å². The molecule has 0 aliphatic carbocycles. The van der Waals surface area contributed by atoms with Crippen LogP contribution in [0.25, 0.3) is 0 Å². The summed E-state index contributed by atoms with van der Waals surface area (Å²) in [5, 5.41) is 10.7. The molecule has 1 N–H and O–H groups in total. The molecule has 2 bridgehead atoms. The van der Waals surface area contributed by atoms with Crippen molar-refractivity contribution < 1.29 is 33.7 Å². The highest BCUT2D eigenvalue weighted by Crippen LogP contribution is 2.44. The van der Waals surface area contributed by atoms with Crippen LogP contribution in [0, 0.1) is 11.8 Å². The Morgan fingerprint density at radius 1 is 1.35 bits per heavy atom. The molecule has 0 aromatic carbocycles. The van der Waals surface area contributed by atoms with E-state index in [-0.39, 0.29) is 29.1 Å². The molecule has 0 amide bonds. The average molecular weight is 362 g/mol. The molecule has 3 heterocycles. The molecular formula is C19H22O7. The predicted octanol–water partition coefficient (Wildman–Crippen LogP) is 1.21. The fraction of sp³-hybridized carbons (Fsp3) is 0.526. The zero-order valence-electron chi connectivity index (χ0n) is 15.0. The molecular weight excluding hydrogens is 340 g/mol. The Hall–Kier alpha value is -2.41. The smallest absolute Gasteiger partial charge is 0.334 e. The lowest BCUT2D eigenvalue weighted by molar-refractivity contribution is -0.162. The lowest BCUT2D eigenvalue weighted by Gasteiger charge is -2.32. The second kappa shape index (κ2) is 6.09. The van der Waals surface area contributed by atoms with Gasteiger partial charge >= 0.3 is 11.9 Å². The number of hydrogen-bond donors (Lipinski definition) is 1. The fourth-order valence-electron chi connectivity index (χ4n) is 3.45. The van der Waals surface area contributed by atoms with Crippen molar-refractivity contribution >= 4 is 17.7 Å². The van der Waals surface area contributed by atoms with Crippen molar-refractivity contribution in [2.24, 2.45) is 11.8 Å². The van der Waals surface area contributed by atoms with Gasteiger partial charge in [0, 0.05) is 23.6 Å². The summed E-state index contributed by atoms with van der Waals surface area (Å²) in [5.74, 6) is -2.54. The van der Waals surface area contributed by atoms with Crippen molar-refractivity contribution in [3.8, 4) is 0 Å². The van der Waals surface area contributed by atoms with Gasteiger partial charge in [-0.1, -0.05) is 27.0 Å². The Kier molecular flexibility index (Phi) is 4.30. The summed E-state index contributed by atoms with van der Waals surface area (Å²) in [6.45, 7) is 12.5. The van der Waals surface area contributed by atoms with Gasteiger partial charge in [0.25, 0.3) is 0 Å². The van der Waals surface area contributed by atoms with E-state index in [0.717, 1.165) is 0 Å². The van der Waals surface area contributed by atoms with Crippen LogP contribution < -0.4 is 0 Å². The van der Waals surface area contributed by atoms with E-state index in [4.69, 9.17) is 14.2 Å². The predicted molar refractivity (Wildman–Crippen MR) is 89.6 cm³/mol. The first kappa shape index (κ1) is 18.4. The SMILES string of the molecule is C=C1C2=CC(=O)[C@@](C)(C[C@@H](OC(=O)C(C)C)[C@H]3C(=C)C(=O)O[C@@H]3C1O)O2. The summed E-state index contributed by atoms with van der Waals surface area (Å²) in [6, 6.07) is 0. The van der Waals surface area contributed by atoms with Crippen molar-refractivity contribution in [2.45, 2.75) is 51.1 Å². The number of aliphatic hydroxyl groups is 1. The van der Waals surface area contributed by atoms with Crippen molar-refractivity contribution in [2.75, 3.05) is 0 Å². The molecule has 0 aromatic heterocycles. The molecule has 0 spiro atoms. The first-order valence-corrected chi connectivity index (χ1v) is 8.48. The van der Waals surface area contributed by atoms with Crippen LogP contribution in [0.15, 0.2) is 36.1 Å². The van der Waals surface area contributed by atoms with E-state index < -0.39 is 47.7 Å². The molecule has 0 aromatic rings. The van der Waals surface area contributed by atoms with E-state index in [2.05, 4.69) is 13.2 Å². The van der Waals surface area contributed by atoms with Gasteiger partial charge in [-0.05, 0) is 6.92 Å². The maximum Gasteiger partial charge on any atom is 0.334 e. The number of hydrogen-bond acceptors (Lipinski definition) is 7. The van der Waals surface area contributed by atoms with Gasteiger partial charge in [-0.3, -0.25) is 9.59 Å². The maximum absolute atomic E-state index is 12.5. The largest absolute Gasteiger partial charge is 0.479 e. The molecule has 5 atom stereocenters. The van der Waals surface area contributed by atoms with Crippen molar-refractivity contribution in [3.63, 3.8) is 0 Å². The Bertz CT molecular complexity index is 747. The van der Waals surface area contributed by atoms with E-state index in [1.54, 1.807) is 20.8 Å². The highest BCUT2D eigenvalue weighted by Gasteiger charge is 2.55. The standard InChI is InChI=1S/C19H22O7/c1-8(2)17(22)24-12-7-19(5)13(20)6-11(26-19)9(3)15(21)16-14(12)10(4)18(23)25-16/h6,8,12,14-16,21H,3-4,7H2,1-2,5H3/t12-,14-,15?,16+,19-/m1/s1. The quantitative estimate of drug-likeness (QED) is 0.582. The van der Waals surface area contributed by atoms with Gasteiger partial charge in [-0.2, -0.15) is 0 Å². The summed E-state index contributed by atoms with van der Waals surface area (Å²) in [5.41, 5.74) is -1.07. The second-order valence-electron chi connectivity index (χ2n) is 7.43. The van der Waals surface area contributed by atoms with E-state index in [0.29, 0.717) is 0 Å². The van der Waals surface area contributed by atoms with Crippen LogP contribution in [-0.4, -0.2) is 46.7 Å². The number of carbonyl (C=O) groups is 3. The lowest BCUT2D eigenvalue weighted by atomic mass is 9.80. The Balaban J connectivity index is 2.07. The molecule has 3 rings (SSSR count). The highest BCUT2D eigenvalue weighted by molar-refractivity contribution is 6.00. The number of esters is 2. The molecule has 3 aliphatic rings. The summed E-state index contributed by atoms with van der Waals surface area (Å²) >= 11 is 0. The molecule has 0 radical (unpaired) electrons. The van der Waals surface area contributed by atoms with Gasteiger partial charge in [0.05, 0.1) is 11.8 Å². The van der Waals surface area contributed by atoms with Gasteiger partial charge in [-0.25, -0.2) is 4.79 Å².